The van der Waals surface area contributed by atoms with Crippen LogP contribution in [0.1, 0.15) is 5.69 Å². The van der Waals surface area contributed by atoms with Gasteiger partial charge in [0, 0.05) is 36.3 Å². The molecule has 0 amide bonds. The molecule has 0 unspecified atom stereocenters. The van der Waals surface area contributed by atoms with Crippen molar-refractivity contribution in [1.82, 2.24) is 14.5 Å². The van der Waals surface area contributed by atoms with Gasteiger partial charge in [-0.25, -0.2) is 4.98 Å². The molecule has 0 fully saturated rings. The fourth-order valence-corrected chi connectivity index (χ4v) is 2.85. The summed E-state index contributed by atoms with van der Waals surface area (Å²) in [4.78, 5) is 8.79. The number of nitrogens with zero attached hydrogens (tertiary/aromatic N) is 3. The van der Waals surface area contributed by atoms with Crippen molar-refractivity contribution in [3.63, 3.8) is 0 Å². The van der Waals surface area contributed by atoms with Gasteiger partial charge in [-0.1, -0.05) is 6.07 Å². The van der Waals surface area contributed by atoms with E-state index in [4.69, 9.17) is 27.4 Å². The molecule has 3 aromatic rings. The average molecular weight is 342 g/mol. The fraction of sp³-hybridized carbons (Fsp3) is 0.235. The van der Waals surface area contributed by atoms with Gasteiger partial charge in [-0.3, -0.25) is 4.98 Å². The first kappa shape index (κ1) is 16.2. The first-order valence-corrected chi connectivity index (χ1v) is 7.87. The molecular weight excluding hydrogens is 324 g/mol. The minimum Gasteiger partial charge on any atom is -0.493 e. The first-order valence-electron chi connectivity index (χ1n) is 7.46. The first-order chi connectivity index (χ1) is 11.6. The molecule has 0 bridgehead atoms. The zero-order valence-corrected chi connectivity index (χ0v) is 14.3. The van der Waals surface area contributed by atoms with Crippen LogP contribution in [0.2, 0.25) is 0 Å². The van der Waals surface area contributed by atoms with Gasteiger partial charge in [-0.05, 0) is 30.4 Å². The van der Waals surface area contributed by atoms with Gasteiger partial charge >= 0.3 is 0 Å². The van der Waals surface area contributed by atoms with Crippen LogP contribution in [0.25, 0.3) is 10.9 Å². The minimum atomic E-state index is 0.433. The standard InChI is InChI=1S/C17H18N4O2S/c1-22-14-9-12-13(10-15(14)23-2)20-17(24)21(16(12)18)8-6-11-5-3-4-7-19-11/h3-5,7,9-10H,6,8,18H2,1-2H3. The Morgan fingerprint density at radius 2 is 1.92 bits per heavy atom. The number of benzene rings is 1. The predicted octanol–water partition coefficient (Wildman–Crippen LogP) is 3.00. The summed E-state index contributed by atoms with van der Waals surface area (Å²) < 4.78 is 12.9. The second-order valence-electron chi connectivity index (χ2n) is 5.23. The topological polar surface area (TPSA) is 75.2 Å². The van der Waals surface area contributed by atoms with E-state index in [-0.39, 0.29) is 0 Å². The quantitative estimate of drug-likeness (QED) is 0.719. The van der Waals surface area contributed by atoms with Crippen LogP contribution in [0, 0.1) is 4.77 Å². The van der Waals surface area contributed by atoms with E-state index in [1.807, 2.05) is 28.8 Å². The number of nitrogen functional groups attached to an aromatic ring is 1. The lowest BCUT2D eigenvalue weighted by Gasteiger charge is -2.15. The van der Waals surface area contributed by atoms with E-state index < -0.39 is 0 Å². The number of anilines is 1. The highest BCUT2D eigenvalue weighted by Crippen LogP contribution is 2.33. The summed E-state index contributed by atoms with van der Waals surface area (Å²) in [5.41, 5.74) is 8.00. The molecule has 0 aliphatic carbocycles. The molecule has 2 aromatic heterocycles. The van der Waals surface area contributed by atoms with Crippen LogP contribution in [0.4, 0.5) is 5.82 Å². The summed E-state index contributed by atoms with van der Waals surface area (Å²) >= 11 is 5.40. The van der Waals surface area contributed by atoms with E-state index in [9.17, 15) is 0 Å². The highest BCUT2D eigenvalue weighted by atomic mass is 32.1. The minimum absolute atomic E-state index is 0.433. The Bertz CT molecular complexity index is 925. The van der Waals surface area contributed by atoms with Crippen LogP contribution in [-0.4, -0.2) is 28.8 Å². The van der Waals surface area contributed by atoms with Gasteiger partial charge < -0.3 is 19.8 Å². The Balaban J connectivity index is 2.04. The maximum Gasteiger partial charge on any atom is 0.201 e. The third-order valence-electron chi connectivity index (χ3n) is 3.83. The van der Waals surface area contributed by atoms with Crippen LogP contribution in [0.5, 0.6) is 11.5 Å². The van der Waals surface area contributed by atoms with Gasteiger partial charge in [0.1, 0.15) is 5.82 Å². The van der Waals surface area contributed by atoms with Crippen molar-refractivity contribution in [2.45, 2.75) is 13.0 Å². The number of pyridine rings is 1. The van der Waals surface area contributed by atoms with Crippen LogP contribution in [0.15, 0.2) is 36.5 Å². The number of rotatable bonds is 5. The molecule has 0 aliphatic heterocycles. The number of hydrogen-bond donors (Lipinski definition) is 1. The Kier molecular flexibility index (Phi) is 4.61. The molecule has 7 heteroatoms. The van der Waals surface area contributed by atoms with Crippen LogP contribution in [0.3, 0.4) is 0 Å². The Morgan fingerprint density at radius 1 is 1.17 bits per heavy atom. The zero-order valence-electron chi connectivity index (χ0n) is 13.5. The summed E-state index contributed by atoms with van der Waals surface area (Å²) in [7, 11) is 3.17. The Morgan fingerprint density at radius 3 is 2.58 bits per heavy atom. The Labute approximate surface area is 144 Å². The number of aromatic nitrogens is 3. The molecule has 0 saturated heterocycles. The molecular formula is C17H18N4O2S. The summed E-state index contributed by atoms with van der Waals surface area (Å²) in [6.07, 6.45) is 2.49. The molecule has 0 aliphatic rings. The highest BCUT2D eigenvalue weighted by molar-refractivity contribution is 7.71. The van der Waals surface area contributed by atoms with Crippen molar-refractivity contribution in [2.75, 3.05) is 20.0 Å². The molecule has 0 atom stereocenters. The van der Waals surface area contributed by atoms with E-state index in [0.29, 0.717) is 34.1 Å². The third-order valence-corrected chi connectivity index (χ3v) is 4.14. The van der Waals surface area contributed by atoms with Gasteiger partial charge in [-0.2, -0.15) is 0 Å². The second kappa shape index (κ2) is 6.84. The molecule has 0 spiro atoms. The molecule has 0 radical (unpaired) electrons. The summed E-state index contributed by atoms with van der Waals surface area (Å²) in [5.74, 6) is 1.76. The fourth-order valence-electron chi connectivity index (χ4n) is 2.57. The van der Waals surface area contributed by atoms with Crippen molar-refractivity contribution in [3.05, 3.63) is 47.0 Å². The molecule has 0 saturated carbocycles. The van der Waals surface area contributed by atoms with Crippen LogP contribution >= 0.6 is 12.2 Å². The Hall–Kier alpha value is -2.67. The van der Waals surface area contributed by atoms with Gasteiger partial charge in [-0.15, -0.1) is 0 Å². The largest absolute Gasteiger partial charge is 0.493 e. The number of nitrogens with two attached hydrogens (primary N) is 1. The number of hydrogen-bond acceptors (Lipinski definition) is 6. The maximum atomic E-state index is 6.34. The number of fused-ring (bicyclic) bond motifs is 1. The third kappa shape index (κ3) is 3.03. The monoisotopic (exact) mass is 342 g/mol. The SMILES string of the molecule is COc1cc2nc(=S)n(CCc3ccccn3)c(N)c2cc1OC. The van der Waals surface area contributed by atoms with Crippen molar-refractivity contribution in [3.8, 4) is 11.5 Å². The normalized spacial score (nSPS) is 10.8. The maximum absolute atomic E-state index is 6.34. The average Bonchev–Trinajstić information content (AvgIpc) is 2.61. The van der Waals surface area contributed by atoms with E-state index in [1.165, 1.54) is 0 Å². The van der Waals surface area contributed by atoms with Gasteiger partial charge in [0.15, 0.2) is 11.5 Å². The molecule has 124 valence electrons. The van der Waals surface area contributed by atoms with Gasteiger partial charge in [0.05, 0.1) is 19.7 Å². The lowest BCUT2D eigenvalue weighted by atomic mass is 10.2. The van der Waals surface area contributed by atoms with Gasteiger partial charge in [0.2, 0.25) is 4.77 Å². The molecule has 3 rings (SSSR count). The van der Waals surface area contributed by atoms with Crippen LogP contribution in [-0.2, 0) is 13.0 Å². The summed E-state index contributed by atoms with van der Waals surface area (Å²) in [6, 6.07) is 9.43. The lowest BCUT2D eigenvalue weighted by Crippen LogP contribution is -2.12. The van der Waals surface area contributed by atoms with E-state index in [2.05, 4.69) is 9.97 Å². The molecule has 24 heavy (non-hydrogen) atoms. The van der Waals surface area contributed by atoms with Crippen molar-refractivity contribution < 1.29 is 9.47 Å². The molecule has 6 nitrogen and oxygen atoms in total. The highest BCUT2D eigenvalue weighted by Gasteiger charge is 2.12. The van der Waals surface area contributed by atoms with Crippen molar-refractivity contribution in [2.24, 2.45) is 0 Å². The lowest BCUT2D eigenvalue weighted by molar-refractivity contribution is 0.355. The number of ether oxygens (including phenoxy) is 2. The van der Waals surface area contributed by atoms with Gasteiger partial charge in [0.25, 0.3) is 0 Å². The van der Waals surface area contributed by atoms with E-state index in [1.54, 1.807) is 26.5 Å². The van der Waals surface area contributed by atoms with E-state index in [0.717, 1.165) is 17.5 Å². The van der Waals surface area contributed by atoms with Crippen LogP contribution < -0.4 is 15.2 Å². The van der Waals surface area contributed by atoms with E-state index >= 15 is 0 Å². The molecule has 2 N–H and O–H groups in total. The summed E-state index contributed by atoms with van der Waals surface area (Å²) in [6.45, 7) is 0.610. The van der Waals surface area contributed by atoms with Crippen molar-refractivity contribution >= 4 is 28.9 Å². The molecule has 1 aromatic carbocycles. The molecule has 2 heterocycles. The second-order valence-corrected chi connectivity index (χ2v) is 5.59. The van der Waals surface area contributed by atoms with Crippen molar-refractivity contribution in [1.29, 1.82) is 0 Å². The predicted molar refractivity (Wildman–Crippen MR) is 96.0 cm³/mol. The number of methoxy groups -OCH3 is 2. The number of aryl methyl sites for hydroxylation is 1. The summed E-state index contributed by atoms with van der Waals surface area (Å²) in [5, 5.41) is 0.780. The smallest absolute Gasteiger partial charge is 0.201 e. The zero-order chi connectivity index (χ0) is 17.1.